The first-order chi connectivity index (χ1) is 9.10. The van der Waals surface area contributed by atoms with Gasteiger partial charge in [-0.2, -0.15) is 0 Å². The van der Waals surface area contributed by atoms with Gasteiger partial charge in [0.05, 0.1) is 12.7 Å². The molecule has 0 heterocycles. The van der Waals surface area contributed by atoms with Crippen LogP contribution < -0.4 is 10.5 Å². The van der Waals surface area contributed by atoms with Gasteiger partial charge in [-0.1, -0.05) is 6.92 Å². The van der Waals surface area contributed by atoms with Gasteiger partial charge in [-0.3, -0.25) is 0 Å². The van der Waals surface area contributed by atoms with Crippen LogP contribution in [0.4, 0.5) is 5.69 Å². The molecule has 1 aliphatic rings. The van der Waals surface area contributed by atoms with Gasteiger partial charge in [-0.25, -0.2) is 4.79 Å². The normalized spacial score (nSPS) is 22.8. The summed E-state index contributed by atoms with van der Waals surface area (Å²) in [5.74, 6) is 0.992. The highest BCUT2D eigenvalue weighted by atomic mass is 16.5. The third-order valence-corrected chi connectivity index (χ3v) is 3.72. The Labute approximate surface area is 113 Å². The molecular formula is C15H21NO3. The van der Waals surface area contributed by atoms with Crippen molar-refractivity contribution >= 4 is 11.7 Å². The molecule has 4 nitrogen and oxygen atoms in total. The van der Waals surface area contributed by atoms with E-state index < -0.39 is 0 Å². The molecular weight excluding hydrogens is 242 g/mol. The summed E-state index contributed by atoms with van der Waals surface area (Å²) in [7, 11) is 1.56. The summed E-state index contributed by atoms with van der Waals surface area (Å²) >= 11 is 0. The first kappa shape index (κ1) is 13.7. The Morgan fingerprint density at radius 3 is 2.58 bits per heavy atom. The molecule has 1 aromatic rings. The lowest BCUT2D eigenvalue weighted by Gasteiger charge is -2.26. The lowest BCUT2D eigenvalue weighted by atomic mass is 9.89. The monoisotopic (exact) mass is 263 g/mol. The molecule has 0 amide bonds. The molecule has 0 saturated heterocycles. The van der Waals surface area contributed by atoms with E-state index in [0.717, 1.165) is 31.6 Å². The van der Waals surface area contributed by atoms with Crippen LogP contribution in [0.2, 0.25) is 0 Å². The van der Waals surface area contributed by atoms with E-state index in [4.69, 9.17) is 15.2 Å². The van der Waals surface area contributed by atoms with Gasteiger partial charge in [0.15, 0.2) is 0 Å². The molecule has 0 unspecified atom stereocenters. The molecule has 19 heavy (non-hydrogen) atoms. The zero-order valence-electron chi connectivity index (χ0n) is 11.5. The van der Waals surface area contributed by atoms with Crippen molar-refractivity contribution in [1.29, 1.82) is 0 Å². The van der Waals surface area contributed by atoms with E-state index in [1.165, 1.54) is 0 Å². The summed E-state index contributed by atoms with van der Waals surface area (Å²) in [5, 5.41) is 0. The second kappa shape index (κ2) is 5.95. The number of hydrogen-bond acceptors (Lipinski definition) is 4. The summed E-state index contributed by atoms with van der Waals surface area (Å²) in [5.41, 5.74) is 6.63. The Bertz CT molecular complexity index is 451. The highest BCUT2D eigenvalue weighted by Crippen LogP contribution is 2.27. The SMILES string of the molecule is COc1ccc(N)c(C(=O)OC2CCC(C)CC2)c1. The number of hydrogen-bond donors (Lipinski definition) is 1. The molecule has 4 heteroatoms. The number of nitrogen functional groups attached to an aromatic ring is 1. The summed E-state index contributed by atoms with van der Waals surface area (Å²) in [6, 6.07) is 5.02. The number of rotatable bonds is 3. The predicted molar refractivity (Wildman–Crippen MR) is 74.2 cm³/mol. The van der Waals surface area contributed by atoms with Crippen molar-refractivity contribution in [3.8, 4) is 5.75 Å². The molecule has 0 aromatic heterocycles. The molecule has 0 aliphatic heterocycles. The average Bonchev–Trinajstić information content (AvgIpc) is 2.42. The highest BCUT2D eigenvalue weighted by Gasteiger charge is 2.23. The fraction of sp³-hybridized carbons (Fsp3) is 0.533. The van der Waals surface area contributed by atoms with E-state index >= 15 is 0 Å². The van der Waals surface area contributed by atoms with E-state index in [9.17, 15) is 4.79 Å². The number of anilines is 1. The number of benzene rings is 1. The number of nitrogens with two attached hydrogens (primary N) is 1. The minimum absolute atomic E-state index is 0.0225. The Hall–Kier alpha value is -1.71. The largest absolute Gasteiger partial charge is 0.497 e. The van der Waals surface area contributed by atoms with Crippen LogP contribution in [0, 0.1) is 5.92 Å². The molecule has 0 bridgehead atoms. The summed E-state index contributed by atoms with van der Waals surface area (Å²) in [6.07, 6.45) is 4.14. The topological polar surface area (TPSA) is 61.5 Å². The van der Waals surface area contributed by atoms with E-state index in [1.807, 2.05) is 0 Å². The van der Waals surface area contributed by atoms with Gasteiger partial charge in [-0.05, 0) is 49.8 Å². The summed E-state index contributed by atoms with van der Waals surface area (Å²) in [4.78, 5) is 12.1. The molecule has 2 N–H and O–H groups in total. The second-order valence-corrected chi connectivity index (χ2v) is 5.24. The molecule has 1 aromatic carbocycles. The van der Waals surface area contributed by atoms with Gasteiger partial charge >= 0.3 is 5.97 Å². The van der Waals surface area contributed by atoms with Crippen molar-refractivity contribution in [3.63, 3.8) is 0 Å². The van der Waals surface area contributed by atoms with E-state index in [-0.39, 0.29) is 12.1 Å². The van der Waals surface area contributed by atoms with Crippen LogP contribution in [-0.4, -0.2) is 19.2 Å². The van der Waals surface area contributed by atoms with E-state index in [1.54, 1.807) is 25.3 Å². The van der Waals surface area contributed by atoms with E-state index in [2.05, 4.69) is 6.92 Å². The molecule has 1 fully saturated rings. The van der Waals surface area contributed by atoms with E-state index in [0.29, 0.717) is 17.0 Å². The van der Waals surface area contributed by atoms with Gasteiger partial charge in [0, 0.05) is 5.69 Å². The van der Waals surface area contributed by atoms with Crippen molar-refractivity contribution in [2.75, 3.05) is 12.8 Å². The quantitative estimate of drug-likeness (QED) is 0.672. The lowest BCUT2D eigenvalue weighted by molar-refractivity contribution is 0.0174. The van der Waals surface area contributed by atoms with Crippen LogP contribution in [0.1, 0.15) is 43.0 Å². The summed E-state index contributed by atoms with van der Waals surface area (Å²) < 4.78 is 10.6. The molecule has 104 valence electrons. The van der Waals surface area contributed by atoms with Crippen LogP contribution in [0.15, 0.2) is 18.2 Å². The predicted octanol–water partition coefficient (Wildman–Crippen LogP) is 3.01. The number of carbonyl (C=O) groups is 1. The number of esters is 1. The number of methoxy groups -OCH3 is 1. The molecule has 1 saturated carbocycles. The molecule has 0 radical (unpaired) electrons. The fourth-order valence-electron chi connectivity index (χ4n) is 2.40. The molecule has 0 spiro atoms. The number of ether oxygens (including phenoxy) is 2. The minimum atomic E-state index is -0.351. The van der Waals surface area contributed by atoms with Crippen LogP contribution >= 0.6 is 0 Å². The highest BCUT2D eigenvalue weighted by molar-refractivity contribution is 5.95. The van der Waals surface area contributed by atoms with Gasteiger partial charge in [-0.15, -0.1) is 0 Å². The smallest absolute Gasteiger partial charge is 0.340 e. The van der Waals surface area contributed by atoms with Crippen molar-refractivity contribution < 1.29 is 14.3 Å². The first-order valence-corrected chi connectivity index (χ1v) is 6.74. The van der Waals surface area contributed by atoms with Gasteiger partial charge in [0.2, 0.25) is 0 Å². The maximum absolute atomic E-state index is 12.1. The van der Waals surface area contributed by atoms with Crippen LogP contribution in [-0.2, 0) is 4.74 Å². The van der Waals surface area contributed by atoms with Gasteiger partial charge < -0.3 is 15.2 Å². The Morgan fingerprint density at radius 2 is 1.95 bits per heavy atom. The molecule has 2 rings (SSSR count). The van der Waals surface area contributed by atoms with Crippen molar-refractivity contribution in [3.05, 3.63) is 23.8 Å². The van der Waals surface area contributed by atoms with Crippen LogP contribution in [0.5, 0.6) is 5.75 Å². The maximum atomic E-state index is 12.1. The van der Waals surface area contributed by atoms with Crippen LogP contribution in [0.25, 0.3) is 0 Å². The van der Waals surface area contributed by atoms with Gasteiger partial charge in [0.1, 0.15) is 11.9 Å². The summed E-state index contributed by atoms with van der Waals surface area (Å²) in [6.45, 7) is 2.23. The van der Waals surface area contributed by atoms with Gasteiger partial charge in [0.25, 0.3) is 0 Å². The number of carbonyl (C=O) groups excluding carboxylic acids is 1. The maximum Gasteiger partial charge on any atom is 0.340 e. The van der Waals surface area contributed by atoms with Crippen LogP contribution in [0.3, 0.4) is 0 Å². The zero-order valence-corrected chi connectivity index (χ0v) is 11.5. The third kappa shape index (κ3) is 3.40. The zero-order chi connectivity index (χ0) is 13.8. The minimum Gasteiger partial charge on any atom is -0.497 e. The Kier molecular flexibility index (Phi) is 4.30. The molecule has 0 atom stereocenters. The standard InChI is InChI=1S/C15H21NO3/c1-10-3-5-11(6-4-10)19-15(17)13-9-12(18-2)7-8-14(13)16/h7-11H,3-6,16H2,1-2H3. The second-order valence-electron chi connectivity index (χ2n) is 5.24. The average molecular weight is 263 g/mol. The van der Waals surface area contributed by atoms with Crippen molar-refractivity contribution in [2.24, 2.45) is 5.92 Å². The first-order valence-electron chi connectivity index (χ1n) is 6.74. The van der Waals surface area contributed by atoms with Crippen molar-refractivity contribution in [1.82, 2.24) is 0 Å². The lowest BCUT2D eigenvalue weighted by Crippen LogP contribution is -2.24. The Morgan fingerprint density at radius 1 is 1.26 bits per heavy atom. The fourth-order valence-corrected chi connectivity index (χ4v) is 2.40. The molecule has 1 aliphatic carbocycles. The van der Waals surface area contributed by atoms with Crippen molar-refractivity contribution in [2.45, 2.75) is 38.7 Å². The Balaban J connectivity index is 2.03. The third-order valence-electron chi connectivity index (χ3n) is 3.72.